The predicted molar refractivity (Wildman–Crippen MR) is 113 cm³/mol. The van der Waals surface area contributed by atoms with Gasteiger partial charge in [0.25, 0.3) is 5.22 Å². The van der Waals surface area contributed by atoms with Crippen LogP contribution in [0.4, 0.5) is 0 Å². The summed E-state index contributed by atoms with van der Waals surface area (Å²) in [6.45, 7) is 5.64. The smallest absolute Gasteiger partial charge is 0.277 e. The molecule has 0 aliphatic carbocycles. The van der Waals surface area contributed by atoms with Crippen LogP contribution < -0.4 is 0 Å². The lowest BCUT2D eigenvalue weighted by Gasteiger charge is -2.14. The van der Waals surface area contributed by atoms with Crippen molar-refractivity contribution in [2.24, 2.45) is 0 Å². The van der Waals surface area contributed by atoms with Crippen molar-refractivity contribution < 1.29 is 13.9 Å². The third kappa shape index (κ3) is 4.57. The lowest BCUT2D eigenvalue weighted by atomic mass is 10.2. The van der Waals surface area contributed by atoms with E-state index in [9.17, 15) is 4.79 Å². The third-order valence-electron chi connectivity index (χ3n) is 5.09. The van der Waals surface area contributed by atoms with Gasteiger partial charge in [-0.25, -0.2) is 0 Å². The van der Waals surface area contributed by atoms with Gasteiger partial charge in [-0.15, -0.1) is 10.2 Å². The molecule has 1 aliphatic rings. The van der Waals surface area contributed by atoms with Crippen LogP contribution in [0.25, 0.3) is 11.5 Å². The summed E-state index contributed by atoms with van der Waals surface area (Å²) in [5.74, 6) is 0.669. The SMILES string of the molecule is Cc1cc(C(=O)CSc2nnc(-c3cccc(Cl)c3)o2)c(C)n1C[C@H]1CCCO1. The molecule has 29 heavy (non-hydrogen) atoms. The van der Waals surface area contributed by atoms with Crippen LogP contribution in [0, 0.1) is 13.8 Å². The van der Waals surface area contributed by atoms with E-state index in [0.29, 0.717) is 16.1 Å². The fourth-order valence-electron chi connectivity index (χ4n) is 3.57. The Kier molecular flexibility index (Phi) is 6.08. The monoisotopic (exact) mass is 431 g/mol. The number of benzene rings is 1. The second-order valence-electron chi connectivity index (χ2n) is 7.13. The summed E-state index contributed by atoms with van der Waals surface area (Å²) in [4.78, 5) is 12.8. The Hall–Kier alpha value is -2.09. The molecule has 0 N–H and O–H groups in total. The van der Waals surface area contributed by atoms with Gasteiger partial charge in [0.2, 0.25) is 5.89 Å². The number of aromatic nitrogens is 3. The van der Waals surface area contributed by atoms with E-state index < -0.39 is 0 Å². The number of Topliss-reactive ketones (excluding diaryl/α,β-unsaturated/α-hetero) is 1. The molecule has 0 spiro atoms. The summed E-state index contributed by atoms with van der Waals surface area (Å²) in [5.41, 5.74) is 3.55. The van der Waals surface area contributed by atoms with Crippen LogP contribution in [-0.2, 0) is 11.3 Å². The van der Waals surface area contributed by atoms with Crippen LogP contribution >= 0.6 is 23.4 Å². The van der Waals surface area contributed by atoms with Crippen molar-refractivity contribution in [2.45, 2.75) is 44.6 Å². The molecule has 1 aromatic carbocycles. The molecular formula is C21H22ClN3O3S. The Labute approximate surface area is 178 Å². The summed E-state index contributed by atoms with van der Waals surface area (Å²) in [6.07, 6.45) is 2.41. The summed E-state index contributed by atoms with van der Waals surface area (Å²) >= 11 is 7.25. The molecule has 2 aromatic heterocycles. The van der Waals surface area contributed by atoms with Crippen molar-refractivity contribution in [2.75, 3.05) is 12.4 Å². The highest BCUT2D eigenvalue weighted by Gasteiger charge is 2.21. The number of carbonyl (C=O) groups is 1. The lowest BCUT2D eigenvalue weighted by molar-refractivity contribution is 0.0957. The number of hydrogen-bond acceptors (Lipinski definition) is 6. The maximum Gasteiger partial charge on any atom is 0.277 e. The standard InChI is InChI=1S/C21H22ClN3O3S/c1-13-9-18(14(2)25(13)11-17-7-4-8-27-17)19(26)12-29-21-24-23-20(28-21)15-5-3-6-16(22)10-15/h3,5-6,9-10,17H,4,7-8,11-12H2,1-2H3/t17-/m1/s1. The van der Waals surface area contributed by atoms with Gasteiger partial charge in [0.15, 0.2) is 5.78 Å². The number of hydrogen-bond donors (Lipinski definition) is 0. The second kappa shape index (κ2) is 8.73. The Morgan fingerprint density at radius 2 is 2.17 bits per heavy atom. The first kappa shape index (κ1) is 20.2. The van der Waals surface area contributed by atoms with Gasteiger partial charge in [0.05, 0.1) is 11.9 Å². The van der Waals surface area contributed by atoms with E-state index in [-0.39, 0.29) is 17.6 Å². The maximum atomic E-state index is 12.8. The fourth-order valence-corrected chi connectivity index (χ4v) is 4.40. The van der Waals surface area contributed by atoms with Crippen molar-refractivity contribution in [1.29, 1.82) is 0 Å². The molecule has 0 unspecified atom stereocenters. The summed E-state index contributed by atoms with van der Waals surface area (Å²) in [5, 5.41) is 9.04. The van der Waals surface area contributed by atoms with E-state index in [4.69, 9.17) is 20.8 Å². The second-order valence-corrected chi connectivity index (χ2v) is 8.49. The molecule has 0 bridgehead atoms. The molecule has 1 saturated heterocycles. The molecule has 0 amide bonds. The number of ketones is 1. The molecule has 4 rings (SSSR count). The summed E-state index contributed by atoms with van der Waals surface area (Å²) in [6, 6.07) is 9.17. The van der Waals surface area contributed by atoms with Crippen LogP contribution in [0.15, 0.2) is 40.0 Å². The number of halogens is 1. The fraction of sp³-hybridized carbons (Fsp3) is 0.381. The minimum Gasteiger partial charge on any atom is -0.411 e. The van der Waals surface area contributed by atoms with Crippen LogP contribution in [-0.4, -0.2) is 39.0 Å². The van der Waals surface area contributed by atoms with Gasteiger partial charge in [-0.3, -0.25) is 4.79 Å². The van der Waals surface area contributed by atoms with Crippen LogP contribution in [0.5, 0.6) is 0 Å². The quantitative estimate of drug-likeness (QED) is 0.389. The Morgan fingerprint density at radius 3 is 2.93 bits per heavy atom. The highest BCUT2D eigenvalue weighted by atomic mass is 35.5. The highest BCUT2D eigenvalue weighted by molar-refractivity contribution is 7.99. The molecule has 0 saturated carbocycles. The van der Waals surface area contributed by atoms with E-state index in [1.165, 1.54) is 11.8 Å². The van der Waals surface area contributed by atoms with Gasteiger partial charge in [0, 0.05) is 40.7 Å². The van der Waals surface area contributed by atoms with E-state index in [2.05, 4.69) is 14.8 Å². The van der Waals surface area contributed by atoms with Gasteiger partial charge in [-0.1, -0.05) is 29.4 Å². The molecular weight excluding hydrogens is 410 g/mol. The van der Waals surface area contributed by atoms with Gasteiger partial charge in [0.1, 0.15) is 0 Å². The molecule has 0 radical (unpaired) electrons. The van der Waals surface area contributed by atoms with Crippen molar-refractivity contribution in [1.82, 2.24) is 14.8 Å². The van der Waals surface area contributed by atoms with E-state index >= 15 is 0 Å². The average molecular weight is 432 g/mol. The Bertz CT molecular complexity index is 1020. The van der Waals surface area contributed by atoms with Gasteiger partial charge in [-0.05, 0) is 51.0 Å². The molecule has 1 aliphatic heterocycles. The number of nitrogens with zero attached hydrogens (tertiary/aromatic N) is 3. The molecule has 152 valence electrons. The zero-order valence-electron chi connectivity index (χ0n) is 16.4. The average Bonchev–Trinajstić information content (AvgIpc) is 3.44. The van der Waals surface area contributed by atoms with E-state index in [1.807, 2.05) is 32.0 Å². The predicted octanol–water partition coefficient (Wildman–Crippen LogP) is 4.96. The van der Waals surface area contributed by atoms with Crippen molar-refractivity contribution >= 4 is 29.1 Å². The minimum absolute atomic E-state index is 0.0456. The zero-order chi connectivity index (χ0) is 20.4. The first-order valence-corrected chi connectivity index (χ1v) is 10.9. The Morgan fingerprint density at radius 1 is 1.31 bits per heavy atom. The van der Waals surface area contributed by atoms with Gasteiger partial charge < -0.3 is 13.7 Å². The lowest BCUT2D eigenvalue weighted by Crippen LogP contribution is -2.17. The van der Waals surface area contributed by atoms with Crippen molar-refractivity contribution in [3.05, 3.63) is 52.3 Å². The molecule has 6 nitrogen and oxygen atoms in total. The molecule has 1 fully saturated rings. The number of carbonyl (C=O) groups excluding carboxylic acids is 1. The number of thioether (sulfide) groups is 1. The first-order chi connectivity index (χ1) is 14.0. The van der Waals surface area contributed by atoms with Crippen molar-refractivity contribution in [3.63, 3.8) is 0 Å². The van der Waals surface area contributed by atoms with Gasteiger partial charge in [-0.2, -0.15) is 0 Å². The van der Waals surface area contributed by atoms with Gasteiger partial charge >= 0.3 is 0 Å². The van der Waals surface area contributed by atoms with Crippen LogP contribution in [0.3, 0.4) is 0 Å². The highest BCUT2D eigenvalue weighted by Crippen LogP contribution is 2.27. The molecule has 1 atom stereocenters. The third-order valence-corrected chi connectivity index (χ3v) is 6.14. The van der Waals surface area contributed by atoms with E-state index in [0.717, 1.165) is 48.5 Å². The zero-order valence-corrected chi connectivity index (χ0v) is 17.9. The van der Waals surface area contributed by atoms with Crippen LogP contribution in [0.2, 0.25) is 5.02 Å². The molecule has 3 aromatic rings. The topological polar surface area (TPSA) is 70.2 Å². The molecule has 8 heteroatoms. The number of aryl methyl sites for hydroxylation is 1. The maximum absolute atomic E-state index is 12.8. The van der Waals surface area contributed by atoms with Crippen molar-refractivity contribution in [3.8, 4) is 11.5 Å². The Balaban J connectivity index is 1.41. The largest absolute Gasteiger partial charge is 0.411 e. The normalized spacial score (nSPS) is 16.4. The molecule has 3 heterocycles. The van der Waals surface area contributed by atoms with Crippen LogP contribution in [0.1, 0.15) is 34.6 Å². The first-order valence-electron chi connectivity index (χ1n) is 9.55. The summed E-state index contributed by atoms with van der Waals surface area (Å²) < 4.78 is 13.6. The number of ether oxygens (including phenoxy) is 1. The number of rotatable bonds is 7. The van der Waals surface area contributed by atoms with E-state index in [1.54, 1.807) is 12.1 Å². The summed E-state index contributed by atoms with van der Waals surface area (Å²) in [7, 11) is 0. The minimum atomic E-state index is 0.0456.